The molecule has 3 aromatic rings. The van der Waals surface area contributed by atoms with E-state index in [1.165, 1.54) is 29.3 Å². The van der Waals surface area contributed by atoms with Gasteiger partial charge in [0.15, 0.2) is 0 Å². The molecule has 2 amide bonds. The molecule has 1 atom stereocenters. The van der Waals surface area contributed by atoms with E-state index in [9.17, 15) is 9.59 Å². The van der Waals surface area contributed by atoms with Crippen molar-refractivity contribution in [3.8, 4) is 0 Å². The highest BCUT2D eigenvalue weighted by Crippen LogP contribution is 2.33. The third-order valence-corrected chi connectivity index (χ3v) is 6.12. The zero-order chi connectivity index (χ0) is 19.3. The summed E-state index contributed by atoms with van der Waals surface area (Å²) < 4.78 is 2.29. The maximum Gasteiger partial charge on any atom is 0.229 e. The molecule has 0 radical (unpaired) electrons. The van der Waals surface area contributed by atoms with Crippen LogP contribution in [0, 0.1) is 11.8 Å². The number of benzene rings is 2. The number of nitrogens with one attached hydrogen (secondary N) is 1. The van der Waals surface area contributed by atoms with Gasteiger partial charge in [-0.1, -0.05) is 18.2 Å². The molecule has 5 nitrogen and oxygen atoms in total. The molecular formula is C23H25N3O2. The number of aryl methyl sites for hydroxylation is 1. The van der Waals surface area contributed by atoms with Gasteiger partial charge in [0.25, 0.3) is 0 Å². The second-order valence-electron chi connectivity index (χ2n) is 8.13. The summed E-state index contributed by atoms with van der Waals surface area (Å²) in [6.07, 6.45) is 2.76. The predicted octanol–water partition coefficient (Wildman–Crippen LogP) is 4.01. The SMILES string of the molecule is CCn1c2ccccc2c2cc(NC(=O)[C@H]3CC(=O)N(CC4CC4)C3)ccc21. The minimum absolute atomic E-state index is 0.0507. The lowest BCUT2D eigenvalue weighted by Crippen LogP contribution is -2.29. The Bertz CT molecular complexity index is 1080. The molecule has 1 saturated heterocycles. The van der Waals surface area contributed by atoms with E-state index in [-0.39, 0.29) is 17.7 Å². The number of anilines is 1. The lowest BCUT2D eigenvalue weighted by molar-refractivity contribution is -0.128. The zero-order valence-corrected chi connectivity index (χ0v) is 16.1. The summed E-state index contributed by atoms with van der Waals surface area (Å²) >= 11 is 0. The van der Waals surface area contributed by atoms with Gasteiger partial charge in [0.2, 0.25) is 11.8 Å². The molecule has 28 heavy (non-hydrogen) atoms. The summed E-state index contributed by atoms with van der Waals surface area (Å²) in [5.41, 5.74) is 3.18. The molecule has 1 saturated carbocycles. The van der Waals surface area contributed by atoms with Crippen molar-refractivity contribution in [2.24, 2.45) is 11.8 Å². The van der Waals surface area contributed by atoms with Crippen LogP contribution in [-0.4, -0.2) is 34.4 Å². The van der Waals surface area contributed by atoms with Gasteiger partial charge in [-0.25, -0.2) is 0 Å². The molecule has 5 rings (SSSR count). The molecule has 1 aliphatic carbocycles. The van der Waals surface area contributed by atoms with E-state index in [1.54, 1.807) is 0 Å². The van der Waals surface area contributed by atoms with Crippen molar-refractivity contribution in [2.45, 2.75) is 32.7 Å². The molecule has 0 bridgehead atoms. The summed E-state index contributed by atoms with van der Waals surface area (Å²) in [7, 11) is 0. The summed E-state index contributed by atoms with van der Waals surface area (Å²) in [6, 6.07) is 14.5. The molecule has 0 unspecified atom stereocenters. The number of fused-ring (bicyclic) bond motifs is 3. The fourth-order valence-electron chi connectivity index (χ4n) is 4.45. The lowest BCUT2D eigenvalue weighted by Gasteiger charge is -2.16. The number of nitrogens with zero attached hydrogens (tertiary/aromatic N) is 2. The fraction of sp³-hybridized carbons (Fsp3) is 0.391. The van der Waals surface area contributed by atoms with Crippen molar-refractivity contribution in [2.75, 3.05) is 18.4 Å². The van der Waals surface area contributed by atoms with Gasteiger partial charge >= 0.3 is 0 Å². The Morgan fingerprint density at radius 1 is 1.11 bits per heavy atom. The molecular weight excluding hydrogens is 350 g/mol. The number of carbonyl (C=O) groups excluding carboxylic acids is 2. The summed E-state index contributed by atoms with van der Waals surface area (Å²) in [5.74, 6) is 0.474. The van der Waals surface area contributed by atoms with Crippen LogP contribution in [0.5, 0.6) is 0 Å². The topological polar surface area (TPSA) is 54.3 Å². The van der Waals surface area contributed by atoms with Gasteiger partial charge in [0, 0.05) is 53.5 Å². The molecule has 1 aliphatic heterocycles. The predicted molar refractivity (Wildman–Crippen MR) is 111 cm³/mol. The van der Waals surface area contributed by atoms with Crippen LogP contribution in [0.2, 0.25) is 0 Å². The van der Waals surface area contributed by atoms with Crippen LogP contribution in [0.1, 0.15) is 26.2 Å². The fourth-order valence-corrected chi connectivity index (χ4v) is 4.45. The number of aromatic nitrogens is 1. The molecule has 1 N–H and O–H groups in total. The van der Waals surface area contributed by atoms with Crippen LogP contribution in [0.15, 0.2) is 42.5 Å². The Labute approximate surface area is 164 Å². The molecule has 2 fully saturated rings. The highest BCUT2D eigenvalue weighted by molar-refractivity contribution is 6.10. The normalized spacial score (nSPS) is 19.7. The molecule has 0 spiro atoms. The largest absolute Gasteiger partial charge is 0.342 e. The number of rotatable bonds is 5. The minimum Gasteiger partial charge on any atom is -0.342 e. The maximum absolute atomic E-state index is 12.8. The van der Waals surface area contributed by atoms with E-state index in [1.807, 2.05) is 17.0 Å². The van der Waals surface area contributed by atoms with E-state index in [2.05, 4.69) is 47.1 Å². The Balaban J connectivity index is 1.38. The van der Waals surface area contributed by atoms with Gasteiger partial charge < -0.3 is 14.8 Å². The van der Waals surface area contributed by atoms with Gasteiger partial charge in [-0.3, -0.25) is 9.59 Å². The number of likely N-dealkylation sites (tertiary alicyclic amines) is 1. The number of hydrogen-bond donors (Lipinski definition) is 1. The van der Waals surface area contributed by atoms with E-state index in [0.717, 1.165) is 24.2 Å². The molecule has 1 aromatic heterocycles. The van der Waals surface area contributed by atoms with Crippen molar-refractivity contribution >= 4 is 39.3 Å². The lowest BCUT2D eigenvalue weighted by atomic mass is 10.1. The smallest absolute Gasteiger partial charge is 0.229 e. The summed E-state index contributed by atoms with van der Waals surface area (Å²) in [4.78, 5) is 26.9. The Morgan fingerprint density at radius 2 is 1.89 bits per heavy atom. The molecule has 2 aliphatic rings. The third-order valence-electron chi connectivity index (χ3n) is 6.12. The van der Waals surface area contributed by atoms with Crippen LogP contribution in [0.25, 0.3) is 21.8 Å². The van der Waals surface area contributed by atoms with Gasteiger partial charge in [-0.2, -0.15) is 0 Å². The van der Waals surface area contributed by atoms with Crippen molar-refractivity contribution in [1.82, 2.24) is 9.47 Å². The first kappa shape index (κ1) is 17.3. The summed E-state index contributed by atoms with van der Waals surface area (Å²) in [5, 5.41) is 5.39. The first-order valence-corrected chi connectivity index (χ1v) is 10.2. The highest BCUT2D eigenvalue weighted by Gasteiger charge is 2.37. The first-order valence-electron chi connectivity index (χ1n) is 10.2. The average molecular weight is 375 g/mol. The molecule has 144 valence electrons. The van der Waals surface area contributed by atoms with E-state index >= 15 is 0 Å². The monoisotopic (exact) mass is 375 g/mol. The number of carbonyl (C=O) groups is 2. The quantitative estimate of drug-likeness (QED) is 0.732. The average Bonchev–Trinajstić information content (AvgIpc) is 3.36. The minimum atomic E-state index is -0.251. The van der Waals surface area contributed by atoms with Gasteiger partial charge in [-0.15, -0.1) is 0 Å². The van der Waals surface area contributed by atoms with Gasteiger partial charge in [0.05, 0.1) is 5.92 Å². The van der Waals surface area contributed by atoms with Crippen molar-refractivity contribution < 1.29 is 9.59 Å². The number of amides is 2. The van der Waals surface area contributed by atoms with Crippen LogP contribution < -0.4 is 5.32 Å². The van der Waals surface area contributed by atoms with Crippen LogP contribution >= 0.6 is 0 Å². The molecule has 2 aromatic carbocycles. The van der Waals surface area contributed by atoms with Crippen LogP contribution in [0.4, 0.5) is 5.69 Å². The van der Waals surface area contributed by atoms with E-state index in [4.69, 9.17) is 0 Å². The van der Waals surface area contributed by atoms with Gasteiger partial charge in [0.1, 0.15) is 0 Å². The number of para-hydroxylation sites is 1. The summed E-state index contributed by atoms with van der Waals surface area (Å²) in [6.45, 7) is 4.42. The molecule has 5 heteroatoms. The maximum atomic E-state index is 12.8. The van der Waals surface area contributed by atoms with Crippen molar-refractivity contribution in [1.29, 1.82) is 0 Å². The second-order valence-corrected chi connectivity index (χ2v) is 8.13. The standard InChI is InChI=1S/C23H25N3O2/c1-2-26-20-6-4-3-5-18(20)19-12-17(9-10-21(19)26)24-23(28)16-11-22(27)25(14-16)13-15-7-8-15/h3-6,9-10,12,15-16H,2,7-8,11,13-14H2,1H3,(H,24,28)/t16-/m0/s1. The first-order chi connectivity index (χ1) is 13.6. The molecule has 2 heterocycles. The van der Waals surface area contributed by atoms with Crippen molar-refractivity contribution in [3.63, 3.8) is 0 Å². The van der Waals surface area contributed by atoms with Crippen molar-refractivity contribution in [3.05, 3.63) is 42.5 Å². The number of hydrogen-bond acceptors (Lipinski definition) is 2. The zero-order valence-electron chi connectivity index (χ0n) is 16.1. The van der Waals surface area contributed by atoms with E-state index < -0.39 is 0 Å². The Hall–Kier alpha value is -2.82. The third kappa shape index (κ3) is 2.95. The van der Waals surface area contributed by atoms with E-state index in [0.29, 0.717) is 18.9 Å². The second kappa shape index (κ2) is 6.66. The Morgan fingerprint density at radius 3 is 2.68 bits per heavy atom. The van der Waals surface area contributed by atoms with Crippen LogP contribution in [0.3, 0.4) is 0 Å². The highest BCUT2D eigenvalue weighted by atomic mass is 16.2. The van der Waals surface area contributed by atoms with Gasteiger partial charge in [-0.05, 0) is 49.9 Å². The van der Waals surface area contributed by atoms with Crippen LogP contribution in [-0.2, 0) is 16.1 Å². The Kier molecular flexibility index (Phi) is 4.11.